The van der Waals surface area contributed by atoms with Crippen molar-refractivity contribution in [3.63, 3.8) is 0 Å². The minimum absolute atomic E-state index is 0.544. The second-order valence-electron chi connectivity index (χ2n) is 4.10. The van der Waals surface area contributed by atoms with Crippen LogP contribution in [0.2, 0.25) is 0 Å². The van der Waals surface area contributed by atoms with Crippen LogP contribution in [0.25, 0.3) is 0 Å². The van der Waals surface area contributed by atoms with Crippen molar-refractivity contribution >= 4 is 9.93 Å². The van der Waals surface area contributed by atoms with Crippen LogP contribution in [0.4, 0.5) is 0 Å². The molecule has 0 bridgehead atoms. The van der Waals surface area contributed by atoms with Crippen LogP contribution in [-0.2, 0) is 9.93 Å². The lowest BCUT2D eigenvalue weighted by Gasteiger charge is -2.13. The third-order valence-electron chi connectivity index (χ3n) is 2.18. The molecule has 0 aliphatic rings. The van der Waals surface area contributed by atoms with E-state index in [1.54, 1.807) is 12.5 Å². The summed E-state index contributed by atoms with van der Waals surface area (Å²) in [6.07, 6.45) is 3.61. The van der Waals surface area contributed by atoms with E-state index in [2.05, 4.69) is 26.0 Å². The monoisotopic (exact) mass is 198 g/mol. The molecule has 0 aliphatic carbocycles. The summed E-state index contributed by atoms with van der Waals surface area (Å²) >= 11 is 0. The van der Waals surface area contributed by atoms with Crippen LogP contribution in [0.15, 0.2) is 29.2 Å². The average Bonchev–Trinajstić information content (AvgIpc) is 2.03. The van der Waals surface area contributed by atoms with Gasteiger partial charge in [-0.1, -0.05) is 35.9 Å². The van der Waals surface area contributed by atoms with Gasteiger partial charge in [0.1, 0.15) is 0 Å². The maximum absolute atomic E-state index is 11.7. The fourth-order valence-electron chi connectivity index (χ4n) is 1.22. The van der Waals surface area contributed by atoms with Gasteiger partial charge in [0.05, 0.1) is 0 Å². The molecule has 0 saturated heterocycles. The Morgan fingerprint density at radius 2 is 1.54 bits per heavy atom. The molecule has 74 valence electrons. The van der Waals surface area contributed by atoms with Crippen molar-refractivity contribution in [1.29, 1.82) is 0 Å². The maximum Gasteiger partial charge on any atom is 0.0142 e. The SMILES string of the molecule is CC(C)c1ccc([SH](C)(C)=O)cc1. The van der Waals surface area contributed by atoms with Crippen LogP contribution in [0.1, 0.15) is 25.3 Å². The van der Waals surface area contributed by atoms with Gasteiger partial charge in [-0.2, -0.15) is 0 Å². The van der Waals surface area contributed by atoms with E-state index in [0.717, 1.165) is 4.90 Å². The lowest BCUT2D eigenvalue weighted by atomic mass is 10.0. The number of hydrogen-bond donors (Lipinski definition) is 1. The van der Waals surface area contributed by atoms with Crippen LogP contribution in [0.3, 0.4) is 0 Å². The summed E-state index contributed by atoms with van der Waals surface area (Å²) in [5, 5.41) is 0. The second-order valence-corrected chi connectivity index (χ2v) is 7.32. The Morgan fingerprint density at radius 3 is 1.85 bits per heavy atom. The average molecular weight is 198 g/mol. The van der Waals surface area contributed by atoms with Crippen molar-refractivity contribution in [2.24, 2.45) is 0 Å². The first-order valence-electron chi connectivity index (χ1n) is 4.57. The molecule has 1 nitrogen and oxygen atoms in total. The molecule has 13 heavy (non-hydrogen) atoms. The Labute approximate surface area is 81.6 Å². The number of benzene rings is 1. The Hall–Kier alpha value is -0.630. The predicted molar refractivity (Wildman–Crippen MR) is 60.2 cm³/mol. The summed E-state index contributed by atoms with van der Waals surface area (Å²) in [5.41, 5.74) is 1.30. The van der Waals surface area contributed by atoms with Crippen LogP contribution in [0, 0.1) is 0 Å². The molecule has 0 spiro atoms. The number of thiol groups is 1. The molecule has 0 radical (unpaired) electrons. The largest absolute Gasteiger partial charge is 0.281 e. The predicted octanol–water partition coefficient (Wildman–Crippen LogP) is 2.45. The highest BCUT2D eigenvalue weighted by Crippen LogP contribution is 2.18. The van der Waals surface area contributed by atoms with Gasteiger partial charge in [0.25, 0.3) is 0 Å². The second kappa shape index (κ2) is 3.62. The molecule has 0 amide bonds. The Balaban J connectivity index is 3.01. The number of rotatable bonds is 2. The van der Waals surface area contributed by atoms with E-state index in [-0.39, 0.29) is 0 Å². The first-order chi connectivity index (χ1) is 5.91. The molecule has 0 N–H and O–H groups in total. The van der Waals surface area contributed by atoms with Gasteiger partial charge in [0.15, 0.2) is 0 Å². The zero-order valence-corrected chi connectivity index (χ0v) is 9.64. The molecule has 2 heteroatoms. The lowest BCUT2D eigenvalue weighted by molar-refractivity contribution is 0.678. The summed E-state index contributed by atoms with van der Waals surface area (Å²) in [7, 11) is -2.07. The molecule has 0 atom stereocenters. The highest BCUT2D eigenvalue weighted by atomic mass is 32.2. The molecule has 0 aliphatic heterocycles. The van der Waals surface area contributed by atoms with Crippen LogP contribution in [0.5, 0.6) is 0 Å². The minimum atomic E-state index is -2.07. The van der Waals surface area contributed by atoms with E-state index in [4.69, 9.17) is 0 Å². The fraction of sp³-hybridized carbons (Fsp3) is 0.455. The summed E-state index contributed by atoms with van der Waals surface area (Å²) in [5.74, 6) is 0.544. The van der Waals surface area contributed by atoms with Gasteiger partial charge in [0.2, 0.25) is 0 Å². The summed E-state index contributed by atoms with van der Waals surface area (Å²) in [4.78, 5) is 0.969. The van der Waals surface area contributed by atoms with Gasteiger partial charge in [-0.05, 0) is 36.1 Å². The topological polar surface area (TPSA) is 17.1 Å². The van der Waals surface area contributed by atoms with Gasteiger partial charge in [-0.25, -0.2) is 0 Å². The summed E-state index contributed by atoms with van der Waals surface area (Å²) < 4.78 is 11.7. The van der Waals surface area contributed by atoms with E-state index in [9.17, 15) is 4.21 Å². The Morgan fingerprint density at radius 1 is 1.08 bits per heavy atom. The molecule has 0 aromatic heterocycles. The van der Waals surface area contributed by atoms with E-state index >= 15 is 0 Å². The highest BCUT2D eigenvalue weighted by Gasteiger charge is 2.05. The molecule has 0 fully saturated rings. The Kier molecular flexibility index (Phi) is 2.91. The quantitative estimate of drug-likeness (QED) is 0.722. The van der Waals surface area contributed by atoms with Crippen molar-refractivity contribution < 1.29 is 4.21 Å². The van der Waals surface area contributed by atoms with Gasteiger partial charge >= 0.3 is 0 Å². The van der Waals surface area contributed by atoms with Crippen molar-refractivity contribution in [2.45, 2.75) is 24.7 Å². The van der Waals surface area contributed by atoms with Gasteiger partial charge in [-0.3, -0.25) is 4.21 Å². The van der Waals surface area contributed by atoms with Crippen LogP contribution in [-0.4, -0.2) is 16.7 Å². The molecular formula is C11H18OS. The first kappa shape index (κ1) is 10.5. The van der Waals surface area contributed by atoms with E-state index < -0.39 is 9.93 Å². The molecule has 0 saturated carbocycles. The summed E-state index contributed by atoms with van der Waals surface area (Å²) in [6, 6.07) is 8.10. The molecular weight excluding hydrogens is 180 g/mol. The van der Waals surface area contributed by atoms with Crippen molar-refractivity contribution in [3.8, 4) is 0 Å². The van der Waals surface area contributed by atoms with Crippen LogP contribution < -0.4 is 0 Å². The van der Waals surface area contributed by atoms with Gasteiger partial charge in [0, 0.05) is 4.90 Å². The zero-order valence-electron chi connectivity index (χ0n) is 8.74. The molecule has 0 heterocycles. The van der Waals surface area contributed by atoms with E-state index in [1.165, 1.54) is 5.56 Å². The first-order valence-corrected chi connectivity index (χ1v) is 7.17. The summed E-state index contributed by atoms with van der Waals surface area (Å²) in [6.45, 7) is 4.32. The van der Waals surface area contributed by atoms with E-state index in [1.807, 2.05) is 12.1 Å². The number of hydrogen-bond acceptors (Lipinski definition) is 1. The van der Waals surface area contributed by atoms with Gasteiger partial charge in [-0.15, -0.1) is 0 Å². The smallest absolute Gasteiger partial charge is 0.0142 e. The molecule has 1 aromatic rings. The van der Waals surface area contributed by atoms with Crippen molar-refractivity contribution in [2.75, 3.05) is 12.5 Å². The van der Waals surface area contributed by atoms with E-state index in [0.29, 0.717) is 5.92 Å². The molecule has 0 unspecified atom stereocenters. The Bertz CT molecular complexity index is 318. The normalized spacial score (nSPS) is 13.3. The fourth-order valence-corrected chi connectivity index (χ4v) is 2.09. The minimum Gasteiger partial charge on any atom is -0.281 e. The lowest BCUT2D eigenvalue weighted by Crippen LogP contribution is -2.06. The molecule has 1 rings (SSSR count). The standard InChI is InChI=1S/C11H18OS/c1-9(2)10-5-7-11(8-6-10)13(3,4)12/h5-9,13H,1-4H3. The highest BCUT2D eigenvalue weighted by molar-refractivity contribution is 8.01. The maximum atomic E-state index is 11.7. The van der Waals surface area contributed by atoms with Crippen LogP contribution >= 0.6 is 0 Å². The van der Waals surface area contributed by atoms with Gasteiger partial charge < -0.3 is 0 Å². The molecule has 1 aromatic carbocycles. The van der Waals surface area contributed by atoms with Crippen molar-refractivity contribution in [1.82, 2.24) is 0 Å². The third kappa shape index (κ3) is 2.66. The third-order valence-corrected chi connectivity index (χ3v) is 3.72. The van der Waals surface area contributed by atoms with Crippen molar-refractivity contribution in [3.05, 3.63) is 29.8 Å². The zero-order chi connectivity index (χ0) is 10.1.